The fourth-order valence-electron chi connectivity index (χ4n) is 4.07. The number of aryl methyl sites for hydroxylation is 1. The number of carbonyl (C=O) groups is 1. The van der Waals surface area contributed by atoms with Crippen LogP contribution in [0.3, 0.4) is 0 Å². The minimum absolute atomic E-state index is 0.216. The van der Waals surface area contributed by atoms with Crippen LogP contribution in [0.4, 0.5) is 0 Å². The molecule has 0 radical (unpaired) electrons. The summed E-state index contributed by atoms with van der Waals surface area (Å²) in [4.78, 5) is 22.3. The lowest BCUT2D eigenvalue weighted by atomic mass is 9.99. The van der Waals surface area contributed by atoms with Gasteiger partial charge in [0.15, 0.2) is 0 Å². The topological polar surface area (TPSA) is 53.9 Å². The summed E-state index contributed by atoms with van der Waals surface area (Å²) in [6.07, 6.45) is 9.47. The van der Waals surface area contributed by atoms with Crippen molar-refractivity contribution in [2.24, 2.45) is 0 Å². The highest BCUT2D eigenvalue weighted by molar-refractivity contribution is 5.91. The van der Waals surface area contributed by atoms with Crippen molar-refractivity contribution in [2.75, 3.05) is 13.1 Å². The third-order valence-electron chi connectivity index (χ3n) is 5.61. The lowest BCUT2D eigenvalue weighted by molar-refractivity contribution is -0.131. The molecular weight excluding hydrogens is 348 g/mol. The normalized spacial score (nSPS) is 14.6. The van der Waals surface area contributed by atoms with Gasteiger partial charge in [-0.2, -0.15) is 0 Å². The van der Waals surface area contributed by atoms with E-state index >= 15 is 0 Å². The smallest absolute Gasteiger partial charge is 0.224 e. The van der Waals surface area contributed by atoms with Crippen molar-refractivity contribution in [1.29, 1.82) is 0 Å². The molecule has 0 saturated heterocycles. The molecule has 28 heavy (non-hydrogen) atoms. The van der Waals surface area contributed by atoms with Crippen molar-refractivity contribution in [3.8, 4) is 0 Å². The Bertz CT molecular complexity index is 1180. The second kappa shape index (κ2) is 7.00. The Morgan fingerprint density at radius 1 is 1.14 bits per heavy atom. The van der Waals surface area contributed by atoms with Crippen molar-refractivity contribution in [1.82, 2.24) is 19.4 Å². The first-order chi connectivity index (χ1) is 13.8. The third kappa shape index (κ3) is 2.99. The molecule has 1 aliphatic heterocycles. The van der Waals surface area contributed by atoms with Crippen LogP contribution >= 0.6 is 0 Å². The Kier molecular flexibility index (Phi) is 4.20. The molecule has 0 spiro atoms. The number of pyridine rings is 1. The fourth-order valence-corrected chi connectivity index (χ4v) is 4.07. The Balaban J connectivity index is 1.25. The van der Waals surface area contributed by atoms with E-state index in [1.807, 2.05) is 29.3 Å². The van der Waals surface area contributed by atoms with E-state index in [2.05, 4.69) is 51.1 Å². The molecular formula is C23H22N4O. The van der Waals surface area contributed by atoms with Crippen LogP contribution in [0.15, 0.2) is 67.1 Å². The summed E-state index contributed by atoms with van der Waals surface area (Å²) in [5, 5.41) is 2.36. The van der Waals surface area contributed by atoms with Gasteiger partial charge in [0.25, 0.3) is 0 Å². The van der Waals surface area contributed by atoms with Gasteiger partial charge in [-0.05, 0) is 41.6 Å². The van der Waals surface area contributed by atoms with E-state index in [9.17, 15) is 4.79 Å². The van der Waals surface area contributed by atoms with Crippen molar-refractivity contribution in [3.05, 3.63) is 72.7 Å². The number of nitrogens with one attached hydrogen (secondary N) is 1. The van der Waals surface area contributed by atoms with E-state index in [0.717, 1.165) is 24.0 Å². The number of para-hydroxylation sites is 1. The monoisotopic (exact) mass is 370 g/mol. The number of amides is 1. The first-order valence-electron chi connectivity index (χ1n) is 9.73. The van der Waals surface area contributed by atoms with Crippen LogP contribution in [0.25, 0.3) is 27.5 Å². The first kappa shape index (κ1) is 16.8. The van der Waals surface area contributed by atoms with E-state index in [1.165, 1.54) is 22.0 Å². The number of aromatic nitrogens is 3. The Morgan fingerprint density at radius 2 is 2.07 bits per heavy atom. The van der Waals surface area contributed by atoms with Gasteiger partial charge in [0, 0.05) is 61.1 Å². The summed E-state index contributed by atoms with van der Waals surface area (Å²) >= 11 is 0. The number of fused-ring (bicyclic) bond motifs is 2. The predicted octanol–water partition coefficient (Wildman–Crippen LogP) is 4.22. The van der Waals surface area contributed by atoms with Crippen molar-refractivity contribution >= 4 is 33.4 Å². The molecule has 140 valence electrons. The van der Waals surface area contributed by atoms with Gasteiger partial charge in [-0.25, -0.2) is 4.98 Å². The minimum atomic E-state index is 0.216. The van der Waals surface area contributed by atoms with Gasteiger partial charge < -0.3 is 14.5 Å². The number of hydrogen-bond donors (Lipinski definition) is 1. The van der Waals surface area contributed by atoms with E-state index in [1.54, 1.807) is 6.20 Å². The number of aromatic amines is 1. The SMILES string of the molecule is O=C(CCn1ccc2ccccc21)N1CC=C(c2c[nH]c3ncccc23)CC1. The summed E-state index contributed by atoms with van der Waals surface area (Å²) in [7, 11) is 0. The maximum absolute atomic E-state index is 12.7. The van der Waals surface area contributed by atoms with Crippen LogP contribution in [0.1, 0.15) is 18.4 Å². The van der Waals surface area contributed by atoms with Gasteiger partial charge in [-0.3, -0.25) is 4.79 Å². The molecule has 0 unspecified atom stereocenters. The lowest BCUT2D eigenvalue weighted by Crippen LogP contribution is -2.35. The van der Waals surface area contributed by atoms with Crippen molar-refractivity contribution in [3.63, 3.8) is 0 Å². The van der Waals surface area contributed by atoms with Crippen LogP contribution < -0.4 is 0 Å². The molecule has 4 heterocycles. The molecule has 4 aromatic rings. The molecule has 0 atom stereocenters. The highest BCUT2D eigenvalue weighted by Crippen LogP contribution is 2.28. The molecule has 0 bridgehead atoms. The average molecular weight is 370 g/mol. The molecule has 1 N–H and O–H groups in total. The minimum Gasteiger partial charge on any atom is -0.347 e. The summed E-state index contributed by atoms with van der Waals surface area (Å²) in [5.74, 6) is 0.216. The molecule has 5 heteroatoms. The molecule has 1 aliphatic rings. The summed E-state index contributed by atoms with van der Waals surface area (Å²) in [5.41, 5.74) is 4.59. The average Bonchev–Trinajstić information content (AvgIpc) is 3.36. The fraction of sp³-hybridized carbons (Fsp3) is 0.217. The van der Waals surface area contributed by atoms with Gasteiger partial charge in [0.1, 0.15) is 5.65 Å². The Morgan fingerprint density at radius 3 is 2.96 bits per heavy atom. The molecule has 0 saturated carbocycles. The number of nitrogens with zero attached hydrogens (tertiary/aromatic N) is 3. The van der Waals surface area contributed by atoms with E-state index in [-0.39, 0.29) is 5.91 Å². The molecule has 3 aromatic heterocycles. The first-order valence-corrected chi connectivity index (χ1v) is 9.73. The second-order valence-electron chi connectivity index (χ2n) is 7.24. The molecule has 0 fully saturated rings. The highest BCUT2D eigenvalue weighted by atomic mass is 16.2. The summed E-state index contributed by atoms with van der Waals surface area (Å²) in [6.45, 7) is 2.16. The summed E-state index contributed by atoms with van der Waals surface area (Å²) in [6, 6.07) is 14.4. The zero-order chi connectivity index (χ0) is 18.9. The van der Waals surface area contributed by atoms with Crippen LogP contribution in [0.2, 0.25) is 0 Å². The number of H-pyrrole nitrogens is 1. The molecule has 0 aliphatic carbocycles. The summed E-state index contributed by atoms with van der Waals surface area (Å²) < 4.78 is 2.16. The third-order valence-corrected chi connectivity index (χ3v) is 5.61. The van der Waals surface area contributed by atoms with E-state index < -0.39 is 0 Å². The second-order valence-corrected chi connectivity index (χ2v) is 7.24. The number of carbonyl (C=O) groups excluding carboxylic acids is 1. The predicted molar refractivity (Wildman–Crippen MR) is 112 cm³/mol. The zero-order valence-corrected chi connectivity index (χ0v) is 15.6. The maximum Gasteiger partial charge on any atom is 0.224 e. The molecule has 5 rings (SSSR count). The maximum atomic E-state index is 12.7. The van der Waals surface area contributed by atoms with Crippen LogP contribution in [0.5, 0.6) is 0 Å². The Labute approximate surface area is 163 Å². The van der Waals surface area contributed by atoms with E-state index in [4.69, 9.17) is 0 Å². The number of hydrogen-bond acceptors (Lipinski definition) is 2. The Hall–Kier alpha value is -3.34. The van der Waals surface area contributed by atoms with Gasteiger partial charge in [0.05, 0.1) is 0 Å². The molecule has 5 nitrogen and oxygen atoms in total. The van der Waals surface area contributed by atoms with Crippen LogP contribution in [-0.4, -0.2) is 38.4 Å². The van der Waals surface area contributed by atoms with Gasteiger partial charge in [0.2, 0.25) is 5.91 Å². The van der Waals surface area contributed by atoms with Gasteiger partial charge in [-0.15, -0.1) is 0 Å². The molecule has 1 amide bonds. The number of benzene rings is 1. The van der Waals surface area contributed by atoms with Crippen LogP contribution in [0, 0.1) is 0 Å². The largest absolute Gasteiger partial charge is 0.347 e. The van der Waals surface area contributed by atoms with Gasteiger partial charge >= 0.3 is 0 Å². The quantitative estimate of drug-likeness (QED) is 0.585. The lowest BCUT2D eigenvalue weighted by Gasteiger charge is -2.26. The van der Waals surface area contributed by atoms with Crippen molar-refractivity contribution in [2.45, 2.75) is 19.4 Å². The number of rotatable bonds is 4. The standard InChI is InChI=1S/C23H22N4O/c28-22(10-15-26-12-9-18-4-1-2-6-21(18)26)27-13-7-17(8-14-27)20-16-25-23-19(20)5-3-11-24-23/h1-7,9,11-12,16H,8,10,13-15H2,(H,24,25). The zero-order valence-electron chi connectivity index (χ0n) is 15.6. The highest BCUT2D eigenvalue weighted by Gasteiger charge is 2.19. The van der Waals surface area contributed by atoms with Crippen molar-refractivity contribution < 1.29 is 4.79 Å². The van der Waals surface area contributed by atoms with Crippen LogP contribution in [-0.2, 0) is 11.3 Å². The van der Waals surface area contributed by atoms with E-state index in [0.29, 0.717) is 19.5 Å². The van der Waals surface area contributed by atoms with Gasteiger partial charge in [-0.1, -0.05) is 24.3 Å². The molecule has 1 aromatic carbocycles.